The minimum absolute atomic E-state index is 0.234. The van der Waals surface area contributed by atoms with Gasteiger partial charge < -0.3 is 4.90 Å². The second kappa shape index (κ2) is 5.80. The van der Waals surface area contributed by atoms with Crippen LogP contribution in [-0.4, -0.2) is 23.9 Å². The molecule has 17 heavy (non-hydrogen) atoms. The number of hydrogen-bond donors (Lipinski definition) is 0. The van der Waals surface area contributed by atoms with E-state index >= 15 is 0 Å². The molecule has 1 aliphatic rings. The van der Waals surface area contributed by atoms with Crippen molar-refractivity contribution in [2.45, 2.75) is 39.0 Å². The molecule has 0 aromatic carbocycles. The van der Waals surface area contributed by atoms with Gasteiger partial charge in [0.25, 0.3) is 0 Å². The molecule has 0 amide bonds. The van der Waals surface area contributed by atoms with Crippen LogP contribution in [0.3, 0.4) is 0 Å². The van der Waals surface area contributed by atoms with E-state index in [9.17, 15) is 4.79 Å². The number of aromatic nitrogens is 1. The molecule has 0 N–H and O–H groups in total. The highest BCUT2D eigenvalue weighted by Gasteiger charge is 2.23. The van der Waals surface area contributed by atoms with Crippen molar-refractivity contribution in [1.82, 2.24) is 4.98 Å². The number of unbranched alkanes of at least 4 members (excludes halogenated alkanes) is 3. The number of pyridine rings is 1. The van der Waals surface area contributed by atoms with E-state index < -0.39 is 0 Å². The Morgan fingerprint density at radius 1 is 1.35 bits per heavy atom. The van der Waals surface area contributed by atoms with Crippen LogP contribution in [0, 0.1) is 0 Å². The van der Waals surface area contributed by atoms with Crippen molar-refractivity contribution >= 4 is 11.6 Å². The molecule has 3 heteroatoms. The summed E-state index contributed by atoms with van der Waals surface area (Å²) in [6.07, 6.45) is 7.42. The molecule has 0 unspecified atom stereocenters. The highest BCUT2D eigenvalue weighted by atomic mass is 16.1. The second-order valence-corrected chi connectivity index (χ2v) is 4.60. The number of fused-ring (bicyclic) bond motifs is 1. The van der Waals surface area contributed by atoms with Gasteiger partial charge in [0.1, 0.15) is 5.82 Å². The molecule has 1 aromatic rings. The van der Waals surface area contributed by atoms with Crippen LogP contribution < -0.4 is 4.90 Å². The number of carbonyl (C=O) groups is 1. The lowest BCUT2D eigenvalue weighted by molar-refractivity contribution is 0.0979. The summed E-state index contributed by atoms with van der Waals surface area (Å²) < 4.78 is 0. The van der Waals surface area contributed by atoms with Crippen LogP contribution in [0.4, 0.5) is 5.82 Å². The van der Waals surface area contributed by atoms with Crippen LogP contribution in [0.15, 0.2) is 18.3 Å². The van der Waals surface area contributed by atoms with Gasteiger partial charge in [0, 0.05) is 25.7 Å². The minimum Gasteiger partial charge on any atom is -0.356 e. The van der Waals surface area contributed by atoms with Gasteiger partial charge in [-0.25, -0.2) is 4.98 Å². The fourth-order valence-corrected chi connectivity index (χ4v) is 2.29. The quantitative estimate of drug-likeness (QED) is 0.731. The number of ketones is 1. The maximum absolute atomic E-state index is 11.7. The van der Waals surface area contributed by atoms with E-state index in [-0.39, 0.29) is 5.78 Å². The van der Waals surface area contributed by atoms with Gasteiger partial charge in [-0.15, -0.1) is 0 Å². The lowest BCUT2D eigenvalue weighted by Gasteiger charge is -2.29. The zero-order valence-electron chi connectivity index (χ0n) is 10.5. The first-order valence-electron chi connectivity index (χ1n) is 6.56. The van der Waals surface area contributed by atoms with Crippen LogP contribution >= 0.6 is 0 Å². The highest BCUT2D eigenvalue weighted by molar-refractivity contribution is 6.02. The van der Waals surface area contributed by atoms with Crippen molar-refractivity contribution in [3.8, 4) is 0 Å². The third-order valence-corrected chi connectivity index (χ3v) is 3.28. The van der Waals surface area contributed by atoms with Crippen molar-refractivity contribution in [2.24, 2.45) is 0 Å². The Bertz CT molecular complexity index is 390. The first-order chi connectivity index (χ1) is 8.33. The summed E-state index contributed by atoms with van der Waals surface area (Å²) in [5.41, 5.74) is 0.800. The van der Waals surface area contributed by atoms with E-state index in [1.807, 2.05) is 12.1 Å². The Balaban J connectivity index is 2.00. The molecule has 1 aliphatic heterocycles. The number of hydrogen-bond acceptors (Lipinski definition) is 3. The van der Waals surface area contributed by atoms with Crippen LogP contribution in [0.1, 0.15) is 49.4 Å². The molecule has 0 saturated heterocycles. The number of carbonyl (C=O) groups excluding carboxylic acids is 1. The minimum atomic E-state index is 0.234. The molecular formula is C14H20N2O. The molecule has 0 fully saturated rings. The standard InChI is InChI=1S/C14H20N2O/c1-2-3-4-5-10-16-11-8-13(17)12-7-6-9-15-14(12)16/h6-7,9H,2-5,8,10-11H2,1H3. The smallest absolute Gasteiger partial charge is 0.168 e. The largest absolute Gasteiger partial charge is 0.356 e. The summed E-state index contributed by atoms with van der Waals surface area (Å²) in [5, 5.41) is 0. The summed E-state index contributed by atoms with van der Waals surface area (Å²) in [4.78, 5) is 18.4. The molecule has 2 rings (SSSR count). The predicted molar refractivity (Wildman–Crippen MR) is 69.5 cm³/mol. The SMILES string of the molecule is CCCCCCN1CCC(=O)c2cccnc21. The van der Waals surface area contributed by atoms with E-state index in [2.05, 4.69) is 16.8 Å². The van der Waals surface area contributed by atoms with Crippen molar-refractivity contribution in [1.29, 1.82) is 0 Å². The summed E-state index contributed by atoms with van der Waals surface area (Å²) in [7, 11) is 0. The molecular weight excluding hydrogens is 212 g/mol. The Kier molecular flexibility index (Phi) is 4.13. The molecule has 0 radical (unpaired) electrons. The first kappa shape index (κ1) is 12.1. The molecule has 0 atom stereocenters. The van der Waals surface area contributed by atoms with Crippen LogP contribution in [0.2, 0.25) is 0 Å². The molecule has 3 nitrogen and oxygen atoms in total. The van der Waals surface area contributed by atoms with E-state index in [0.29, 0.717) is 6.42 Å². The first-order valence-corrected chi connectivity index (χ1v) is 6.56. The van der Waals surface area contributed by atoms with Crippen LogP contribution in [-0.2, 0) is 0 Å². The summed E-state index contributed by atoms with van der Waals surface area (Å²) in [6, 6.07) is 3.74. The van der Waals surface area contributed by atoms with Gasteiger partial charge in [-0.2, -0.15) is 0 Å². The average molecular weight is 232 g/mol. The lowest BCUT2D eigenvalue weighted by Crippen LogP contribution is -2.33. The summed E-state index contributed by atoms with van der Waals surface area (Å²) >= 11 is 0. The van der Waals surface area contributed by atoms with E-state index in [1.54, 1.807) is 6.20 Å². The molecule has 0 aliphatic carbocycles. The summed E-state index contributed by atoms with van der Waals surface area (Å²) in [5.74, 6) is 1.12. The van der Waals surface area contributed by atoms with Gasteiger partial charge >= 0.3 is 0 Å². The maximum atomic E-state index is 11.7. The van der Waals surface area contributed by atoms with E-state index in [0.717, 1.165) is 24.5 Å². The van der Waals surface area contributed by atoms with Crippen molar-refractivity contribution < 1.29 is 4.79 Å². The topological polar surface area (TPSA) is 33.2 Å². The number of Topliss-reactive ketones (excluding diaryl/α,β-unsaturated/α-hetero) is 1. The Morgan fingerprint density at radius 2 is 2.24 bits per heavy atom. The van der Waals surface area contributed by atoms with Gasteiger partial charge in [-0.3, -0.25) is 4.79 Å². The zero-order chi connectivity index (χ0) is 12.1. The Hall–Kier alpha value is -1.38. The summed E-state index contributed by atoms with van der Waals surface area (Å²) in [6.45, 7) is 4.07. The van der Waals surface area contributed by atoms with Crippen LogP contribution in [0.5, 0.6) is 0 Å². The third kappa shape index (κ3) is 2.84. The van der Waals surface area contributed by atoms with Crippen molar-refractivity contribution in [3.63, 3.8) is 0 Å². The van der Waals surface area contributed by atoms with Gasteiger partial charge in [0.2, 0.25) is 0 Å². The molecule has 0 bridgehead atoms. The van der Waals surface area contributed by atoms with Gasteiger partial charge in [-0.05, 0) is 18.6 Å². The molecule has 0 saturated carbocycles. The maximum Gasteiger partial charge on any atom is 0.168 e. The molecule has 2 heterocycles. The average Bonchev–Trinajstić information content (AvgIpc) is 2.37. The number of anilines is 1. The Labute approximate surface area is 103 Å². The second-order valence-electron chi connectivity index (χ2n) is 4.60. The molecule has 0 spiro atoms. The lowest BCUT2D eigenvalue weighted by atomic mass is 10.0. The monoisotopic (exact) mass is 232 g/mol. The van der Waals surface area contributed by atoms with Crippen molar-refractivity contribution in [3.05, 3.63) is 23.9 Å². The van der Waals surface area contributed by atoms with Gasteiger partial charge in [-0.1, -0.05) is 26.2 Å². The normalized spacial score (nSPS) is 14.9. The van der Waals surface area contributed by atoms with Gasteiger partial charge in [0.15, 0.2) is 5.78 Å². The van der Waals surface area contributed by atoms with Crippen LogP contribution in [0.25, 0.3) is 0 Å². The third-order valence-electron chi connectivity index (χ3n) is 3.28. The number of rotatable bonds is 5. The fraction of sp³-hybridized carbons (Fsp3) is 0.571. The molecule has 1 aromatic heterocycles. The van der Waals surface area contributed by atoms with Gasteiger partial charge in [0.05, 0.1) is 5.56 Å². The number of nitrogens with zero attached hydrogens (tertiary/aromatic N) is 2. The van der Waals surface area contributed by atoms with E-state index in [4.69, 9.17) is 0 Å². The highest BCUT2D eigenvalue weighted by Crippen LogP contribution is 2.24. The fourth-order valence-electron chi connectivity index (χ4n) is 2.29. The zero-order valence-corrected chi connectivity index (χ0v) is 10.5. The van der Waals surface area contributed by atoms with Crippen molar-refractivity contribution in [2.75, 3.05) is 18.0 Å². The van der Waals surface area contributed by atoms with E-state index in [1.165, 1.54) is 25.7 Å². The molecule has 92 valence electrons. The predicted octanol–water partition coefficient (Wildman–Crippen LogP) is 3.05. The Morgan fingerprint density at radius 3 is 3.06 bits per heavy atom.